The van der Waals surface area contributed by atoms with Gasteiger partial charge in [-0.3, -0.25) is 14.5 Å². The van der Waals surface area contributed by atoms with Gasteiger partial charge in [-0.1, -0.05) is 42.5 Å². The molecule has 4 fully saturated rings. The van der Waals surface area contributed by atoms with Gasteiger partial charge in [0.05, 0.1) is 11.7 Å². The van der Waals surface area contributed by atoms with Gasteiger partial charge in [0.1, 0.15) is 0 Å². The lowest BCUT2D eigenvalue weighted by molar-refractivity contribution is -0.123. The van der Waals surface area contributed by atoms with E-state index < -0.39 is 0 Å². The molecule has 4 atom stereocenters. The van der Waals surface area contributed by atoms with Crippen LogP contribution in [0.25, 0.3) is 10.8 Å². The third-order valence-electron chi connectivity index (χ3n) is 7.59. The summed E-state index contributed by atoms with van der Waals surface area (Å²) in [6.45, 7) is 3.65. The number of carbonyl (C=O) groups is 2. The molecule has 2 aromatic rings. The minimum atomic E-state index is -0.250. The summed E-state index contributed by atoms with van der Waals surface area (Å²) in [5.41, 5.74) is 1.44. The van der Waals surface area contributed by atoms with Crippen molar-refractivity contribution in [3.8, 4) is 0 Å². The van der Waals surface area contributed by atoms with E-state index >= 15 is 0 Å². The fourth-order valence-electron chi connectivity index (χ4n) is 6.06. The van der Waals surface area contributed by atoms with Gasteiger partial charge in [-0.15, -0.1) is 0 Å². The first-order chi connectivity index (χ1) is 15.1. The maximum absolute atomic E-state index is 12.1. The van der Waals surface area contributed by atoms with Gasteiger partial charge < -0.3 is 15.2 Å². The van der Waals surface area contributed by atoms with Gasteiger partial charge in [-0.25, -0.2) is 0 Å². The number of fused-ring (bicyclic) bond motifs is 2. The van der Waals surface area contributed by atoms with Crippen LogP contribution < -0.4 is 5.32 Å². The molecule has 1 aliphatic carbocycles. The van der Waals surface area contributed by atoms with Crippen LogP contribution in [0.1, 0.15) is 31.2 Å². The van der Waals surface area contributed by atoms with E-state index in [0.29, 0.717) is 23.9 Å². The predicted molar refractivity (Wildman–Crippen MR) is 117 cm³/mol. The Bertz CT molecular complexity index is 970. The van der Waals surface area contributed by atoms with Crippen molar-refractivity contribution in [3.05, 3.63) is 48.0 Å². The second-order valence-electron chi connectivity index (χ2n) is 9.46. The van der Waals surface area contributed by atoms with Crippen LogP contribution >= 0.6 is 0 Å². The van der Waals surface area contributed by atoms with Gasteiger partial charge >= 0.3 is 0 Å². The molecule has 0 aromatic heterocycles. The summed E-state index contributed by atoms with van der Waals surface area (Å²) in [7, 11) is 0. The quantitative estimate of drug-likeness (QED) is 0.724. The molecule has 4 aliphatic rings. The third kappa shape index (κ3) is 3.83. The maximum atomic E-state index is 12.1. The van der Waals surface area contributed by atoms with Crippen LogP contribution in [0.4, 0.5) is 0 Å². The molecular weight excluding hydrogens is 392 g/mol. The number of benzene rings is 2. The number of hydrogen-bond donors (Lipinski definition) is 2. The molecule has 2 N–H and O–H groups in total. The topological polar surface area (TPSA) is 78.9 Å². The molecule has 6 nitrogen and oxygen atoms in total. The Balaban J connectivity index is 0.000000646. The van der Waals surface area contributed by atoms with Crippen LogP contribution in [-0.4, -0.2) is 53.7 Å². The molecule has 3 saturated heterocycles. The van der Waals surface area contributed by atoms with Crippen molar-refractivity contribution >= 4 is 23.2 Å². The Morgan fingerprint density at radius 1 is 1.19 bits per heavy atom. The highest BCUT2D eigenvalue weighted by atomic mass is 16.5. The summed E-state index contributed by atoms with van der Waals surface area (Å²) >= 11 is 0. The molecule has 2 bridgehead atoms. The lowest BCUT2D eigenvalue weighted by Crippen LogP contribution is -2.42. The molecule has 3 aliphatic heterocycles. The van der Waals surface area contributed by atoms with Crippen LogP contribution in [0.2, 0.25) is 0 Å². The van der Waals surface area contributed by atoms with E-state index in [1.54, 1.807) is 0 Å². The first-order valence-corrected chi connectivity index (χ1v) is 11.4. The molecule has 0 unspecified atom stereocenters. The number of carbonyl (C=O) groups excluding carboxylic acids is 1. The molecule has 0 radical (unpaired) electrons. The number of carboxylic acid groups (broad SMARTS) is 1. The summed E-state index contributed by atoms with van der Waals surface area (Å²) in [6.07, 6.45) is 4.83. The molecule has 6 heteroatoms. The van der Waals surface area contributed by atoms with Crippen molar-refractivity contribution in [3.63, 3.8) is 0 Å². The van der Waals surface area contributed by atoms with Gasteiger partial charge in [0, 0.05) is 43.9 Å². The van der Waals surface area contributed by atoms with Crippen molar-refractivity contribution in [2.75, 3.05) is 19.6 Å². The summed E-state index contributed by atoms with van der Waals surface area (Å²) < 4.78 is 6.57. The van der Waals surface area contributed by atoms with E-state index in [1.165, 1.54) is 22.8 Å². The first-order valence-electron chi connectivity index (χ1n) is 11.4. The Labute approximate surface area is 182 Å². The zero-order valence-corrected chi connectivity index (χ0v) is 17.7. The van der Waals surface area contributed by atoms with Crippen molar-refractivity contribution in [1.29, 1.82) is 0 Å². The van der Waals surface area contributed by atoms with E-state index in [0.717, 1.165) is 45.4 Å². The standard InChI is InChI=1S/C24H28N2O2.CH2O2/c27-23(17-8-9-17)25-12-20-21-14-26(15-24(21)11-10-22(20)28-24)13-18-6-3-5-16-4-1-2-7-19(16)18;2-1-3/h1-7,17,20-22H,8-15H2,(H,25,27);1H,(H,2,3)/t20-,21+,22+,24+;/m0./s1. The first kappa shape index (κ1) is 20.5. The van der Waals surface area contributed by atoms with E-state index in [-0.39, 0.29) is 18.0 Å². The molecule has 3 heterocycles. The Kier molecular flexibility index (Phi) is 5.44. The van der Waals surface area contributed by atoms with Crippen LogP contribution in [-0.2, 0) is 20.9 Å². The molecule has 1 amide bonds. The lowest BCUT2D eigenvalue weighted by atomic mass is 9.73. The third-order valence-corrected chi connectivity index (χ3v) is 7.59. The van der Waals surface area contributed by atoms with Crippen molar-refractivity contribution in [2.24, 2.45) is 17.8 Å². The van der Waals surface area contributed by atoms with Gasteiger partial charge in [0.25, 0.3) is 6.47 Å². The van der Waals surface area contributed by atoms with Crippen LogP contribution in [0, 0.1) is 17.8 Å². The SMILES string of the molecule is O=C(NC[C@H]1[C@H]2CN(Cc3cccc4ccccc34)C[C@]23CC[C@H]1O3)C1CC1.O=CO. The van der Waals surface area contributed by atoms with Crippen LogP contribution in [0.5, 0.6) is 0 Å². The second-order valence-corrected chi connectivity index (χ2v) is 9.46. The normalized spacial score (nSPS) is 31.2. The number of amides is 1. The van der Waals surface area contributed by atoms with Crippen molar-refractivity contribution < 1.29 is 19.4 Å². The molecule has 6 rings (SSSR count). The summed E-state index contributed by atoms with van der Waals surface area (Å²) in [5.74, 6) is 1.59. The predicted octanol–water partition coefficient (Wildman–Crippen LogP) is 3.05. The van der Waals surface area contributed by atoms with E-state index in [2.05, 4.69) is 52.7 Å². The lowest BCUT2D eigenvalue weighted by Gasteiger charge is -2.29. The largest absolute Gasteiger partial charge is 0.483 e. The van der Waals surface area contributed by atoms with Crippen LogP contribution in [0.3, 0.4) is 0 Å². The molecule has 1 spiro atoms. The molecule has 31 heavy (non-hydrogen) atoms. The Morgan fingerprint density at radius 2 is 1.97 bits per heavy atom. The number of nitrogens with one attached hydrogen (secondary N) is 1. The van der Waals surface area contributed by atoms with E-state index in [1.807, 2.05) is 0 Å². The second kappa shape index (κ2) is 8.24. The molecule has 1 saturated carbocycles. The number of ether oxygens (including phenoxy) is 1. The Morgan fingerprint density at radius 3 is 2.77 bits per heavy atom. The monoisotopic (exact) mass is 422 g/mol. The minimum Gasteiger partial charge on any atom is -0.483 e. The average molecular weight is 423 g/mol. The van der Waals surface area contributed by atoms with Crippen LogP contribution in [0.15, 0.2) is 42.5 Å². The van der Waals surface area contributed by atoms with Gasteiger partial charge in [-0.2, -0.15) is 0 Å². The van der Waals surface area contributed by atoms with E-state index in [9.17, 15) is 4.79 Å². The van der Waals surface area contributed by atoms with Gasteiger partial charge in [0.2, 0.25) is 5.91 Å². The highest BCUT2D eigenvalue weighted by molar-refractivity contribution is 5.85. The van der Waals surface area contributed by atoms with Crippen molar-refractivity contribution in [2.45, 2.75) is 43.9 Å². The highest BCUT2D eigenvalue weighted by Crippen LogP contribution is 2.54. The summed E-state index contributed by atoms with van der Waals surface area (Å²) in [6, 6.07) is 15.3. The van der Waals surface area contributed by atoms with Crippen molar-refractivity contribution in [1.82, 2.24) is 10.2 Å². The zero-order chi connectivity index (χ0) is 21.4. The number of likely N-dealkylation sites (tertiary alicyclic amines) is 1. The molecule has 164 valence electrons. The summed E-state index contributed by atoms with van der Waals surface area (Å²) in [5, 5.41) is 12.8. The fraction of sp³-hybridized carbons (Fsp3) is 0.520. The molecule has 2 aromatic carbocycles. The minimum absolute atomic E-state index is 0.0320. The highest BCUT2D eigenvalue weighted by Gasteiger charge is 2.62. The summed E-state index contributed by atoms with van der Waals surface area (Å²) in [4.78, 5) is 23.1. The smallest absolute Gasteiger partial charge is 0.290 e. The number of hydrogen-bond acceptors (Lipinski definition) is 4. The van der Waals surface area contributed by atoms with Gasteiger partial charge in [0.15, 0.2) is 0 Å². The fourth-order valence-corrected chi connectivity index (χ4v) is 6.06. The number of rotatable bonds is 5. The maximum Gasteiger partial charge on any atom is 0.290 e. The molecular formula is C25H30N2O4. The average Bonchev–Trinajstić information content (AvgIpc) is 3.37. The Hall–Kier alpha value is -2.44. The zero-order valence-electron chi connectivity index (χ0n) is 17.7. The van der Waals surface area contributed by atoms with E-state index in [4.69, 9.17) is 14.6 Å². The van der Waals surface area contributed by atoms with Gasteiger partial charge in [-0.05, 0) is 42.0 Å². The number of nitrogens with zero attached hydrogens (tertiary/aromatic N) is 1.